The highest BCUT2D eigenvalue weighted by Crippen LogP contribution is 2.28. The lowest BCUT2D eigenvalue weighted by Gasteiger charge is -2.37. The number of rotatable bonds is 6. The number of fused-ring (bicyclic) bond motifs is 1. The Hall–Kier alpha value is -2.92. The Balaban J connectivity index is 1.85. The Bertz CT molecular complexity index is 1210. The summed E-state index contributed by atoms with van der Waals surface area (Å²) in [5, 5.41) is 10.0. The fourth-order valence-electron chi connectivity index (χ4n) is 4.18. The van der Waals surface area contributed by atoms with Crippen molar-refractivity contribution in [1.29, 1.82) is 5.26 Å². The van der Waals surface area contributed by atoms with Crippen molar-refractivity contribution in [3.05, 3.63) is 63.7 Å². The first kappa shape index (κ1) is 22.3. The van der Waals surface area contributed by atoms with E-state index in [0.717, 1.165) is 26.2 Å². The lowest BCUT2D eigenvalue weighted by Crippen LogP contribution is -2.48. The summed E-state index contributed by atoms with van der Waals surface area (Å²) < 4.78 is 7.51. The molecule has 4 rings (SSSR count). The van der Waals surface area contributed by atoms with Crippen molar-refractivity contribution in [3.8, 4) is 17.5 Å². The van der Waals surface area contributed by atoms with Crippen LogP contribution in [0.3, 0.4) is 0 Å². The predicted octanol–water partition coefficient (Wildman–Crippen LogP) is 3.64. The second-order valence-electron chi connectivity index (χ2n) is 7.82. The van der Waals surface area contributed by atoms with Gasteiger partial charge in [0.25, 0.3) is 5.56 Å². The van der Waals surface area contributed by atoms with Crippen LogP contribution in [0.2, 0.25) is 5.02 Å². The van der Waals surface area contributed by atoms with Gasteiger partial charge in [0.15, 0.2) is 0 Å². The molecule has 0 radical (unpaired) electrons. The summed E-state index contributed by atoms with van der Waals surface area (Å²) in [5.74, 6) is 1.28. The fourth-order valence-corrected chi connectivity index (χ4v) is 4.35. The summed E-state index contributed by atoms with van der Waals surface area (Å²) in [4.78, 5) is 23.1. The molecule has 0 spiro atoms. The monoisotopic (exact) mass is 451 g/mol. The molecule has 0 amide bonds. The van der Waals surface area contributed by atoms with Gasteiger partial charge in [0.2, 0.25) is 0 Å². The van der Waals surface area contributed by atoms with Crippen LogP contribution >= 0.6 is 11.6 Å². The van der Waals surface area contributed by atoms with Gasteiger partial charge in [-0.15, -0.1) is 0 Å². The van der Waals surface area contributed by atoms with Gasteiger partial charge >= 0.3 is 0 Å². The number of hydrogen-bond acceptors (Lipinski definition) is 6. The lowest BCUT2D eigenvalue weighted by molar-refractivity contribution is 0.106. The minimum atomic E-state index is -0.149. The van der Waals surface area contributed by atoms with Gasteiger partial charge in [-0.2, -0.15) is 5.26 Å². The number of nitriles is 1. The van der Waals surface area contributed by atoms with Crippen LogP contribution in [-0.2, 0) is 0 Å². The van der Waals surface area contributed by atoms with E-state index in [1.165, 1.54) is 0 Å². The Labute approximate surface area is 192 Å². The molecular weight excluding hydrogens is 426 g/mol. The SMILES string of the molecule is CCOc1ccccc1-n1c([C@@H](C)N2CCN(CC#N)CC2)nc2cc(Cl)ccc2c1=O. The van der Waals surface area contributed by atoms with Crippen molar-refractivity contribution in [2.75, 3.05) is 39.3 Å². The summed E-state index contributed by atoms with van der Waals surface area (Å²) >= 11 is 6.21. The average Bonchev–Trinajstić information content (AvgIpc) is 2.80. The van der Waals surface area contributed by atoms with Gasteiger partial charge in [-0.25, -0.2) is 4.98 Å². The van der Waals surface area contributed by atoms with Crippen LogP contribution in [0.1, 0.15) is 25.7 Å². The topological polar surface area (TPSA) is 74.4 Å². The summed E-state index contributed by atoms with van der Waals surface area (Å²) in [6.07, 6.45) is 0. The van der Waals surface area contributed by atoms with Crippen LogP contribution in [0.5, 0.6) is 5.75 Å². The van der Waals surface area contributed by atoms with Crippen LogP contribution in [-0.4, -0.2) is 58.7 Å². The number of para-hydroxylation sites is 2. The van der Waals surface area contributed by atoms with E-state index in [9.17, 15) is 4.79 Å². The number of aromatic nitrogens is 2. The van der Waals surface area contributed by atoms with Crippen LogP contribution in [0.4, 0.5) is 0 Å². The number of halogens is 1. The average molecular weight is 452 g/mol. The molecule has 32 heavy (non-hydrogen) atoms. The van der Waals surface area contributed by atoms with E-state index in [0.29, 0.717) is 46.3 Å². The molecule has 3 aromatic rings. The zero-order valence-electron chi connectivity index (χ0n) is 18.3. The predicted molar refractivity (Wildman–Crippen MR) is 126 cm³/mol. The molecule has 1 saturated heterocycles. The number of nitrogens with zero attached hydrogens (tertiary/aromatic N) is 5. The van der Waals surface area contributed by atoms with Crippen molar-refractivity contribution >= 4 is 22.5 Å². The third-order valence-corrected chi connectivity index (χ3v) is 6.12. The minimum Gasteiger partial charge on any atom is -0.492 e. The van der Waals surface area contributed by atoms with Gasteiger partial charge < -0.3 is 4.74 Å². The van der Waals surface area contributed by atoms with Crippen LogP contribution in [0.15, 0.2) is 47.3 Å². The molecule has 0 aliphatic carbocycles. The van der Waals surface area contributed by atoms with Crippen molar-refractivity contribution in [2.24, 2.45) is 0 Å². The first-order valence-corrected chi connectivity index (χ1v) is 11.2. The van der Waals surface area contributed by atoms with E-state index < -0.39 is 0 Å². The normalized spacial score (nSPS) is 16.1. The molecule has 1 atom stereocenters. The molecule has 1 aliphatic rings. The molecule has 2 heterocycles. The maximum absolute atomic E-state index is 13.7. The molecule has 1 fully saturated rings. The van der Waals surface area contributed by atoms with Crippen molar-refractivity contribution in [3.63, 3.8) is 0 Å². The maximum atomic E-state index is 13.7. The van der Waals surface area contributed by atoms with Crippen molar-refractivity contribution in [2.45, 2.75) is 19.9 Å². The van der Waals surface area contributed by atoms with E-state index in [1.807, 2.05) is 31.2 Å². The Morgan fingerprint density at radius 2 is 1.94 bits per heavy atom. The second-order valence-corrected chi connectivity index (χ2v) is 8.26. The van der Waals surface area contributed by atoms with Crippen LogP contribution in [0.25, 0.3) is 16.6 Å². The molecule has 1 aromatic heterocycles. The largest absolute Gasteiger partial charge is 0.492 e. The Morgan fingerprint density at radius 1 is 1.19 bits per heavy atom. The number of benzene rings is 2. The van der Waals surface area contributed by atoms with Crippen molar-refractivity contribution in [1.82, 2.24) is 19.4 Å². The van der Waals surface area contributed by atoms with E-state index >= 15 is 0 Å². The quantitative estimate of drug-likeness (QED) is 0.533. The highest BCUT2D eigenvalue weighted by molar-refractivity contribution is 6.31. The van der Waals surface area contributed by atoms with Gasteiger partial charge in [0.05, 0.1) is 41.9 Å². The minimum absolute atomic E-state index is 0.120. The number of piperazine rings is 1. The highest BCUT2D eigenvalue weighted by Gasteiger charge is 2.27. The Morgan fingerprint density at radius 3 is 2.66 bits per heavy atom. The van der Waals surface area contributed by atoms with Gasteiger partial charge in [-0.1, -0.05) is 23.7 Å². The maximum Gasteiger partial charge on any atom is 0.266 e. The fraction of sp³-hybridized carbons (Fsp3) is 0.375. The first-order chi connectivity index (χ1) is 15.5. The van der Waals surface area contributed by atoms with E-state index in [4.69, 9.17) is 26.6 Å². The number of hydrogen-bond donors (Lipinski definition) is 0. The molecule has 0 unspecified atom stereocenters. The molecule has 2 aromatic carbocycles. The van der Waals surface area contributed by atoms with Crippen LogP contribution < -0.4 is 10.3 Å². The highest BCUT2D eigenvalue weighted by atomic mass is 35.5. The summed E-state index contributed by atoms with van der Waals surface area (Å²) in [6, 6.07) is 14.8. The Kier molecular flexibility index (Phi) is 6.75. The zero-order valence-corrected chi connectivity index (χ0v) is 19.0. The molecule has 166 valence electrons. The lowest BCUT2D eigenvalue weighted by atomic mass is 10.1. The van der Waals surface area contributed by atoms with Gasteiger partial charge in [-0.05, 0) is 44.2 Å². The summed E-state index contributed by atoms with van der Waals surface area (Å²) in [5.41, 5.74) is 1.11. The summed E-state index contributed by atoms with van der Waals surface area (Å²) in [6.45, 7) is 8.10. The van der Waals surface area contributed by atoms with E-state index in [-0.39, 0.29) is 11.6 Å². The first-order valence-electron chi connectivity index (χ1n) is 10.8. The van der Waals surface area contributed by atoms with E-state index in [1.54, 1.807) is 22.8 Å². The van der Waals surface area contributed by atoms with Gasteiger partial charge in [-0.3, -0.25) is 19.2 Å². The van der Waals surface area contributed by atoms with Crippen LogP contribution in [0, 0.1) is 11.3 Å². The molecule has 0 N–H and O–H groups in total. The smallest absolute Gasteiger partial charge is 0.266 e. The standard InChI is InChI=1S/C24H26ClN5O2/c1-3-32-22-7-5-4-6-21(22)30-23(17(2)29-14-12-28(11-10-26)13-15-29)27-20-16-18(25)8-9-19(20)24(30)31/h4-9,16-17H,3,11-15H2,1-2H3/t17-/m1/s1. The second kappa shape index (κ2) is 9.70. The molecule has 0 saturated carbocycles. The van der Waals surface area contributed by atoms with Gasteiger partial charge in [0.1, 0.15) is 11.6 Å². The third kappa shape index (κ3) is 4.35. The number of ether oxygens (including phenoxy) is 1. The molecule has 7 nitrogen and oxygen atoms in total. The third-order valence-electron chi connectivity index (χ3n) is 5.89. The summed E-state index contributed by atoms with van der Waals surface area (Å²) in [7, 11) is 0. The molecular formula is C24H26ClN5O2. The zero-order chi connectivity index (χ0) is 22.7. The molecule has 8 heteroatoms. The molecule has 0 bridgehead atoms. The molecule has 1 aliphatic heterocycles. The van der Waals surface area contributed by atoms with Crippen molar-refractivity contribution < 1.29 is 4.74 Å². The van der Waals surface area contributed by atoms with Gasteiger partial charge in [0, 0.05) is 31.2 Å². The van der Waals surface area contributed by atoms with E-state index in [2.05, 4.69) is 22.8 Å².